The SMILES string of the molecule is CC/C=C\C/C=C\C/C=C\C/C=C\C/C=C\CCCCCCCCCCCC(=O)OC(COC(=O)CCCCCCCCCC)COC(=O)CCCCCCCCCCCCCCCCCCCCCCCCCCCCCCCC. The molecule has 0 radical (unpaired) electrons. The third-order valence-electron chi connectivity index (χ3n) is 16.0. The average Bonchev–Trinajstić information content (AvgIpc) is 3.47. The Morgan fingerprint density at radius 2 is 0.481 bits per heavy atom. The van der Waals surface area contributed by atoms with Crippen LogP contribution >= 0.6 is 0 Å². The zero-order valence-corrected chi connectivity index (χ0v) is 54.3. The molecule has 0 saturated heterocycles. The fraction of sp³-hybridized carbons (Fsp3) is 0.827. The van der Waals surface area contributed by atoms with Crippen molar-refractivity contribution in [3.05, 3.63) is 60.8 Å². The molecular formula is C75H136O6. The van der Waals surface area contributed by atoms with Gasteiger partial charge in [-0.1, -0.05) is 358 Å². The second-order valence-electron chi connectivity index (χ2n) is 24.1. The lowest BCUT2D eigenvalue weighted by Gasteiger charge is -2.18. The standard InChI is InChI=1S/C75H136O6/c1-4-7-10-13-16-19-21-23-25-27-29-31-33-35-36-37-38-39-41-42-44-46-48-50-52-54-56-59-62-65-68-74(77)80-71-72(70-79-73(76)67-64-61-58-18-15-12-9-6-3)81-75(78)69-66-63-60-57-55-53-51-49-47-45-43-40-34-32-30-28-26-24-22-20-17-14-11-8-5-2/h8,11,17,20,24,26,30,32,40,43,72H,4-7,9-10,12-16,18-19,21-23,25,27-29,31,33-39,41-42,44-71H2,1-3H3/b11-8-,20-17-,26-24-,32-30-,43-40-. The normalized spacial score (nSPS) is 12.4. The van der Waals surface area contributed by atoms with Gasteiger partial charge in [-0.3, -0.25) is 14.4 Å². The maximum Gasteiger partial charge on any atom is 0.306 e. The number of ether oxygens (including phenoxy) is 3. The first-order valence-corrected chi connectivity index (χ1v) is 35.8. The highest BCUT2D eigenvalue weighted by molar-refractivity contribution is 5.71. The lowest BCUT2D eigenvalue weighted by Crippen LogP contribution is -2.30. The summed E-state index contributed by atoms with van der Waals surface area (Å²) in [5.41, 5.74) is 0. The highest BCUT2D eigenvalue weighted by atomic mass is 16.6. The van der Waals surface area contributed by atoms with E-state index < -0.39 is 6.10 Å². The summed E-state index contributed by atoms with van der Waals surface area (Å²) >= 11 is 0. The van der Waals surface area contributed by atoms with E-state index in [1.807, 2.05) is 0 Å². The second-order valence-corrected chi connectivity index (χ2v) is 24.1. The quantitative estimate of drug-likeness (QED) is 0.0261. The molecule has 0 aliphatic carbocycles. The number of allylic oxidation sites excluding steroid dienone is 10. The summed E-state index contributed by atoms with van der Waals surface area (Å²) in [6.07, 6.45) is 90.0. The van der Waals surface area contributed by atoms with Gasteiger partial charge < -0.3 is 14.2 Å². The van der Waals surface area contributed by atoms with E-state index >= 15 is 0 Å². The summed E-state index contributed by atoms with van der Waals surface area (Å²) < 4.78 is 16.9. The molecule has 0 aromatic heterocycles. The Kier molecular flexibility index (Phi) is 67.1. The van der Waals surface area contributed by atoms with Crippen molar-refractivity contribution in [1.82, 2.24) is 0 Å². The summed E-state index contributed by atoms with van der Waals surface area (Å²) in [6, 6.07) is 0. The van der Waals surface area contributed by atoms with Crippen molar-refractivity contribution in [1.29, 1.82) is 0 Å². The number of carbonyl (C=O) groups excluding carboxylic acids is 3. The van der Waals surface area contributed by atoms with Gasteiger partial charge in [-0.2, -0.15) is 0 Å². The molecule has 0 aliphatic rings. The molecule has 0 heterocycles. The first-order chi connectivity index (χ1) is 40.0. The first kappa shape index (κ1) is 78.1. The molecule has 0 aromatic rings. The molecule has 1 atom stereocenters. The number of hydrogen-bond acceptors (Lipinski definition) is 6. The third kappa shape index (κ3) is 67.8. The number of hydrogen-bond donors (Lipinski definition) is 0. The molecule has 0 spiro atoms. The van der Waals surface area contributed by atoms with Gasteiger partial charge in [0.25, 0.3) is 0 Å². The number of esters is 3. The molecule has 0 rings (SSSR count). The Balaban J connectivity index is 4.07. The molecule has 6 nitrogen and oxygen atoms in total. The molecular weight excluding hydrogens is 997 g/mol. The van der Waals surface area contributed by atoms with Gasteiger partial charge in [0, 0.05) is 19.3 Å². The first-order valence-electron chi connectivity index (χ1n) is 35.8. The minimum absolute atomic E-state index is 0.0719. The fourth-order valence-electron chi connectivity index (χ4n) is 10.7. The van der Waals surface area contributed by atoms with Crippen LogP contribution in [-0.2, 0) is 28.6 Å². The van der Waals surface area contributed by atoms with E-state index in [0.29, 0.717) is 19.3 Å². The predicted octanol–water partition coefficient (Wildman–Crippen LogP) is 24.7. The summed E-state index contributed by atoms with van der Waals surface area (Å²) in [6.45, 7) is 6.55. The Labute approximate surface area is 504 Å². The zero-order chi connectivity index (χ0) is 58.5. The van der Waals surface area contributed by atoms with Crippen LogP contribution in [0.25, 0.3) is 0 Å². The van der Waals surface area contributed by atoms with Gasteiger partial charge in [0.05, 0.1) is 0 Å². The van der Waals surface area contributed by atoms with Gasteiger partial charge in [0.15, 0.2) is 6.10 Å². The molecule has 472 valence electrons. The maximum atomic E-state index is 12.9. The van der Waals surface area contributed by atoms with Crippen LogP contribution in [0.1, 0.15) is 380 Å². The van der Waals surface area contributed by atoms with E-state index in [-0.39, 0.29) is 31.1 Å². The van der Waals surface area contributed by atoms with Crippen molar-refractivity contribution < 1.29 is 28.6 Å². The minimum atomic E-state index is -0.775. The molecule has 1 unspecified atom stereocenters. The van der Waals surface area contributed by atoms with E-state index in [4.69, 9.17) is 14.2 Å². The van der Waals surface area contributed by atoms with Gasteiger partial charge in [-0.25, -0.2) is 0 Å². The summed E-state index contributed by atoms with van der Waals surface area (Å²) in [5, 5.41) is 0. The van der Waals surface area contributed by atoms with Crippen molar-refractivity contribution in [2.24, 2.45) is 0 Å². The van der Waals surface area contributed by atoms with Crippen LogP contribution in [0.2, 0.25) is 0 Å². The van der Waals surface area contributed by atoms with Crippen LogP contribution in [0, 0.1) is 0 Å². The predicted molar refractivity (Wildman–Crippen MR) is 353 cm³/mol. The Morgan fingerprint density at radius 3 is 0.753 bits per heavy atom. The molecule has 0 fully saturated rings. The Morgan fingerprint density at radius 1 is 0.259 bits per heavy atom. The summed E-state index contributed by atoms with van der Waals surface area (Å²) in [5.74, 6) is -0.861. The molecule has 0 aromatic carbocycles. The van der Waals surface area contributed by atoms with Gasteiger partial charge in [0.1, 0.15) is 13.2 Å². The van der Waals surface area contributed by atoms with Gasteiger partial charge in [0.2, 0.25) is 0 Å². The van der Waals surface area contributed by atoms with Crippen LogP contribution in [-0.4, -0.2) is 37.2 Å². The third-order valence-corrected chi connectivity index (χ3v) is 16.0. The van der Waals surface area contributed by atoms with Crippen molar-refractivity contribution >= 4 is 17.9 Å². The van der Waals surface area contributed by atoms with Crippen LogP contribution in [0.15, 0.2) is 60.8 Å². The zero-order valence-electron chi connectivity index (χ0n) is 54.3. The van der Waals surface area contributed by atoms with Crippen LogP contribution in [0.3, 0.4) is 0 Å². The molecule has 0 aliphatic heterocycles. The second kappa shape index (κ2) is 69.6. The van der Waals surface area contributed by atoms with Crippen molar-refractivity contribution in [2.75, 3.05) is 13.2 Å². The molecule has 0 bridgehead atoms. The molecule has 81 heavy (non-hydrogen) atoms. The van der Waals surface area contributed by atoms with Crippen molar-refractivity contribution in [3.63, 3.8) is 0 Å². The van der Waals surface area contributed by atoms with Gasteiger partial charge in [-0.15, -0.1) is 0 Å². The molecule has 0 N–H and O–H groups in total. The maximum absolute atomic E-state index is 12.9. The average molecular weight is 1130 g/mol. The Hall–Kier alpha value is -2.89. The minimum Gasteiger partial charge on any atom is -0.462 e. The van der Waals surface area contributed by atoms with Crippen LogP contribution < -0.4 is 0 Å². The topological polar surface area (TPSA) is 78.9 Å². The number of unbranched alkanes of at least 4 members (excludes halogenated alkanes) is 45. The van der Waals surface area contributed by atoms with Crippen LogP contribution in [0.5, 0.6) is 0 Å². The molecule has 6 heteroatoms. The lowest BCUT2D eigenvalue weighted by atomic mass is 10.0. The smallest absolute Gasteiger partial charge is 0.306 e. The van der Waals surface area contributed by atoms with Crippen LogP contribution in [0.4, 0.5) is 0 Å². The monoisotopic (exact) mass is 1130 g/mol. The van der Waals surface area contributed by atoms with Gasteiger partial charge >= 0.3 is 17.9 Å². The van der Waals surface area contributed by atoms with E-state index in [1.54, 1.807) is 0 Å². The Bertz CT molecular complexity index is 1440. The van der Waals surface area contributed by atoms with E-state index in [2.05, 4.69) is 81.5 Å². The van der Waals surface area contributed by atoms with Crippen molar-refractivity contribution in [3.8, 4) is 0 Å². The van der Waals surface area contributed by atoms with E-state index in [1.165, 1.54) is 244 Å². The van der Waals surface area contributed by atoms with Gasteiger partial charge in [-0.05, 0) is 64.2 Å². The number of rotatable bonds is 66. The summed E-state index contributed by atoms with van der Waals surface area (Å²) in [7, 11) is 0. The molecule has 0 saturated carbocycles. The largest absolute Gasteiger partial charge is 0.462 e. The highest BCUT2D eigenvalue weighted by Crippen LogP contribution is 2.19. The molecule has 0 amide bonds. The summed E-state index contributed by atoms with van der Waals surface area (Å²) in [4.78, 5) is 38.2. The van der Waals surface area contributed by atoms with Crippen molar-refractivity contribution in [2.45, 2.75) is 386 Å². The number of carbonyl (C=O) groups is 3. The van der Waals surface area contributed by atoms with E-state index in [9.17, 15) is 14.4 Å². The highest BCUT2D eigenvalue weighted by Gasteiger charge is 2.19. The fourth-order valence-corrected chi connectivity index (χ4v) is 10.7. The van der Waals surface area contributed by atoms with E-state index in [0.717, 1.165) is 96.3 Å². The lowest BCUT2D eigenvalue weighted by molar-refractivity contribution is -0.167.